The number of amides is 1. The Bertz CT molecular complexity index is 877. The molecule has 0 aliphatic carbocycles. The van der Waals surface area contributed by atoms with Gasteiger partial charge in [0.05, 0.1) is 12.3 Å². The summed E-state index contributed by atoms with van der Waals surface area (Å²) in [6, 6.07) is 5.58. The predicted octanol–water partition coefficient (Wildman–Crippen LogP) is 3.00. The minimum atomic E-state index is -0.570. The van der Waals surface area contributed by atoms with Crippen LogP contribution in [0, 0.1) is 6.92 Å². The quantitative estimate of drug-likeness (QED) is 0.802. The summed E-state index contributed by atoms with van der Waals surface area (Å²) < 4.78 is 16.5. The molecule has 4 rings (SSSR count). The van der Waals surface area contributed by atoms with Crippen LogP contribution in [0.2, 0.25) is 0 Å². The zero-order valence-corrected chi connectivity index (χ0v) is 16.8. The number of carbonyl (C=O) groups is 1. The van der Waals surface area contributed by atoms with E-state index in [9.17, 15) is 9.59 Å². The number of carbonyl (C=O) groups excluding carboxylic acids is 1. The van der Waals surface area contributed by atoms with Crippen LogP contribution in [-0.4, -0.2) is 43.7 Å². The molecule has 7 heteroatoms. The lowest BCUT2D eigenvalue weighted by Gasteiger charge is -2.26. The molecule has 1 unspecified atom stereocenters. The minimum Gasteiger partial charge on any atom is -0.468 e. The third kappa shape index (κ3) is 4.46. The maximum atomic E-state index is 12.8. The smallest absolute Gasteiger partial charge is 0.349 e. The third-order valence-corrected chi connectivity index (χ3v) is 5.93. The standard InChI is InChI=1S/C22H28N2O5/c1-15-13-19(16-6-11-27-12-7-16)29-22(26)20(15)21(25)23-14-17(18-5-4-10-28-18)24-8-2-3-9-24/h4-5,10,13,16-17H,2-3,6-9,11-12,14H2,1H3,(H,23,25). The summed E-state index contributed by atoms with van der Waals surface area (Å²) in [6.45, 7) is 5.46. The Labute approximate surface area is 170 Å². The maximum Gasteiger partial charge on any atom is 0.349 e. The summed E-state index contributed by atoms with van der Waals surface area (Å²) in [4.78, 5) is 27.7. The Kier molecular flexibility index (Phi) is 6.16. The zero-order chi connectivity index (χ0) is 20.2. The zero-order valence-electron chi connectivity index (χ0n) is 16.8. The van der Waals surface area contributed by atoms with Gasteiger partial charge in [-0.1, -0.05) is 0 Å². The van der Waals surface area contributed by atoms with Crippen LogP contribution in [0.3, 0.4) is 0 Å². The van der Waals surface area contributed by atoms with E-state index in [-0.39, 0.29) is 17.5 Å². The first-order chi connectivity index (χ1) is 14.1. The van der Waals surface area contributed by atoms with Gasteiger partial charge in [0.2, 0.25) is 0 Å². The van der Waals surface area contributed by atoms with Crippen molar-refractivity contribution in [2.24, 2.45) is 0 Å². The first-order valence-electron chi connectivity index (χ1n) is 10.4. The van der Waals surface area contributed by atoms with Crippen molar-refractivity contribution in [2.45, 2.75) is 44.6 Å². The molecule has 2 fully saturated rings. The van der Waals surface area contributed by atoms with Crippen molar-refractivity contribution in [1.29, 1.82) is 0 Å². The second-order valence-corrected chi connectivity index (χ2v) is 7.87. The average Bonchev–Trinajstić information content (AvgIpc) is 3.43. The van der Waals surface area contributed by atoms with Crippen LogP contribution in [-0.2, 0) is 4.74 Å². The second-order valence-electron chi connectivity index (χ2n) is 7.87. The summed E-state index contributed by atoms with van der Waals surface area (Å²) in [5.74, 6) is 1.25. The Morgan fingerprint density at radius 1 is 1.28 bits per heavy atom. The Hall–Kier alpha value is -2.38. The van der Waals surface area contributed by atoms with Crippen molar-refractivity contribution < 1.29 is 18.4 Å². The number of hydrogen-bond acceptors (Lipinski definition) is 6. The molecule has 7 nitrogen and oxygen atoms in total. The van der Waals surface area contributed by atoms with Crippen LogP contribution in [0.25, 0.3) is 0 Å². The van der Waals surface area contributed by atoms with E-state index in [0.717, 1.165) is 44.5 Å². The van der Waals surface area contributed by atoms with Gasteiger partial charge < -0.3 is 18.9 Å². The van der Waals surface area contributed by atoms with Crippen molar-refractivity contribution in [2.75, 3.05) is 32.8 Å². The third-order valence-electron chi connectivity index (χ3n) is 5.93. The molecule has 2 aliphatic rings. The Morgan fingerprint density at radius 2 is 2.03 bits per heavy atom. The Balaban J connectivity index is 1.48. The van der Waals surface area contributed by atoms with Crippen LogP contribution in [0.1, 0.15) is 65.1 Å². The molecule has 0 aromatic carbocycles. The summed E-state index contributed by atoms with van der Waals surface area (Å²) in [5.41, 5.74) is 0.163. The van der Waals surface area contributed by atoms with E-state index in [1.807, 2.05) is 18.2 Å². The van der Waals surface area contributed by atoms with Gasteiger partial charge in [-0.25, -0.2) is 4.79 Å². The topological polar surface area (TPSA) is 84.9 Å². The predicted molar refractivity (Wildman–Crippen MR) is 107 cm³/mol. The maximum absolute atomic E-state index is 12.8. The van der Waals surface area contributed by atoms with Crippen LogP contribution < -0.4 is 10.9 Å². The van der Waals surface area contributed by atoms with E-state index in [1.165, 1.54) is 0 Å². The summed E-state index contributed by atoms with van der Waals surface area (Å²) >= 11 is 0. The van der Waals surface area contributed by atoms with E-state index in [0.29, 0.717) is 31.1 Å². The first kappa shape index (κ1) is 19.9. The molecule has 2 saturated heterocycles. The fourth-order valence-electron chi connectivity index (χ4n) is 4.31. The molecular weight excluding hydrogens is 372 g/mol. The molecule has 0 bridgehead atoms. The van der Waals surface area contributed by atoms with Gasteiger partial charge in [-0.3, -0.25) is 9.69 Å². The summed E-state index contributed by atoms with van der Waals surface area (Å²) in [5, 5.41) is 2.92. The number of furan rings is 1. The van der Waals surface area contributed by atoms with Gasteiger partial charge in [0, 0.05) is 25.7 Å². The van der Waals surface area contributed by atoms with Crippen molar-refractivity contribution in [3.63, 3.8) is 0 Å². The van der Waals surface area contributed by atoms with Gasteiger partial charge in [0.1, 0.15) is 17.1 Å². The van der Waals surface area contributed by atoms with Crippen LogP contribution in [0.15, 0.2) is 38.1 Å². The highest BCUT2D eigenvalue weighted by Crippen LogP contribution is 2.27. The molecule has 29 heavy (non-hydrogen) atoms. The highest BCUT2D eigenvalue weighted by Gasteiger charge is 2.27. The van der Waals surface area contributed by atoms with E-state index in [1.54, 1.807) is 13.2 Å². The number of ether oxygens (including phenoxy) is 1. The number of aryl methyl sites for hydroxylation is 1. The fourth-order valence-corrected chi connectivity index (χ4v) is 4.31. The van der Waals surface area contributed by atoms with Gasteiger partial charge in [-0.05, 0) is 69.5 Å². The van der Waals surface area contributed by atoms with E-state index < -0.39 is 11.5 Å². The van der Waals surface area contributed by atoms with Gasteiger partial charge >= 0.3 is 5.63 Å². The second kappa shape index (κ2) is 8.97. The minimum absolute atomic E-state index is 0.0368. The Morgan fingerprint density at radius 3 is 2.69 bits per heavy atom. The highest BCUT2D eigenvalue weighted by molar-refractivity contribution is 5.95. The van der Waals surface area contributed by atoms with E-state index in [4.69, 9.17) is 13.6 Å². The highest BCUT2D eigenvalue weighted by atomic mass is 16.5. The molecule has 2 aromatic rings. The van der Waals surface area contributed by atoms with Crippen molar-refractivity contribution in [3.05, 3.63) is 57.5 Å². The van der Waals surface area contributed by atoms with Gasteiger partial charge in [-0.2, -0.15) is 0 Å². The van der Waals surface area contributed by atoms with Gasteiger partial charge in [-0.15, -0.1) is 0 Å². The molecule has 4 heterocycles. The monoisotopic (exact) mass is 400 g/mol. The fraction of sp³-hybridized carbons (Fsp3) is 0.545. The molecular formula is C22H28N2O5. The first-order valence-corrected chi connectivity index (χ1v) is 10.4. The van der Waals surface area contributed by atoms with Gasteiger partial charge in [0.15, 0.2) is 0 Å². The summed E-state index contributed by atoms with van der Waals surface area (Å²) in [7, 11) is 0. The number of nitrogens with one attached hydrogen (secondary N) is 1. The van der Waals surface area contributed by atoms with Gasteiger partial charge in [0.25, 0.3) is 5.91 Å². The number of likely N-dealkylation sites (tertiary alicyclic amines) is 1. The van der Waals surface area contributed by atoms with E-state index >= 15 is 0 Å². The van der Waals surface area contributed by atoms with E-state index in [2.05, 4.69) is 10.2 Å². The lowest BCUT2D eigenvalue weighted by molar-refractivity contribution is 0.0795. The molecule has 1 amide bonds. The van der Waals surface area contributed by atoms with Crippen molar-refractivity contribution in [1.82, 2.24) is 10.2 Å². The van der Waals surface area contributed by atoms with Crippen molar-refractivity contribution >= 4 is 5.91 Å². The molecule has 2 aromatic heterocycles. The normalized spacial score (nSPS) is 19.3. The molecule has 1 atom stereocenters. The molecule has 2 aliphatic heterocycles. The van der Waals surface area contributed by atoms with Crippen LogP contribution >= 0.6 is 0 Å². The number of rotatable bonds is 6. The SMILES string of the molecule is Cc1cc(C2CCOCC2)oc(=O)c1C(=O)NCC(c1ccco1)N1CCCC1. The molecule has 0 saturated carbocycles. The number of nitrogens with zero attached hydrogens (tertiary/aromatic N) is 1. The lowest BCUT2D eigenvalue weighted by atomic mass is 9.95. The van der Waals surface area contributed by atoms with Crippen LogP contribution in [0.5, 0.6) is 0 Å². The van der Waals surface area contributed by atoms with Crippen molar-refractivity contribution in [3.8, 4) is 0 Å². The molecule has 1 N–H and O–H groups in total. The number of hydrogen-bond donors (Lipinski definition) is 1. The average molecular weight is 400 g/mol. The molecule has 156 valence electrons. The summed E-state index contributed by atoms with van der Waals surface area (Å²) in [6.07, 6.45) is 5.58. The molecule has 0 radical (unpaired) electrons. The van der Waals surface area contributed by atoms with Crippen LogP contribution in [0.4, 0.5) is 0 Å². The lowest BCUT2D eigenvalue weighted by Crippen LogP contribution is -2.38. The molecule has 0 spiro atoms. The largest absolute Gasteiger partial charge is 0.468 e.